The molecule has 2 aromatic carbocycles. The van der Waals surface area contributed by atoms with Crippen molar-refractivity contribution in [3.8, 4) is 5.69 Å². The Bertz CT molecular complexity index is 803. The first-order valence-electron chi connectivity index (χ1n) is 6.35. The van der Waals surface area contributed by atoms with Gasteiger partial charge in [0.15, 0.2) is 0 Å². The molecule has 1 heterocycles. The topological polar surface area (TPSA) is 59.8 Å². The van der Waals surface area contributed by atoms with E-state index in [9.17, 15) is 4.79 Å². The highest BCUT2D eigenvalue weighted by Gasteiger charge is 2.13. The van der Waals surface area contributed by atoms with Gasteiger partial charge in [-0.2, -0.15) is 5.10 Å². The van der Waals surface area contributed by atoms with E-state index in [2.05, 4.69) is 38.0 Å². The van der Waals surface area contributed by atoms with E-state index in [1.807, 2.05) is 12.1 Å². The zero-order valence-electron chi connectivity index (χ0n) is 11.2. The third kappa shape index (κ3) is 3.12. The second kappa shape index (κ2) is 6.45. The largest absolute Gasteiger partial charge is 0.320 e. The van der Waals surface area contributed by atoms with Gasteiger partial charge >= 0.3 is 0 Å². The van der Waals surface area contributed by atoms with E-state index in [-0.39, 0.29) is 5.91 Å². The summed E-state index contributed by atoms with van der Waals surface area (Å²) < 4.78 is 2.59. The second-order valence-corrected chi connectivity index (χ2v) is 6.09. The number of benzene rings is 2. The number of halogens is 2. The first-order chi connectivity index (χ1) is 10.6. The molecule has 110 valence electrons. The van der Waals surface area contributed by atoms with Crippen molar-refractivity contribution in [1.82, 2.24) is 14.8 Å². The molecule has 0 atom stereocenters. The Labute approximate surface area is 145 Å². The van der Waals surface area contributed by atoms with Gasteiger partial charge in [-0.15, -0.1) is 0 Å². The number of amides is 1. The Morgan fingerprint density at radius 2 is 1.95 bits per heavy atom. The summed E-state index contributed by atoms with van der Waals surface area (Å²) in [4.78, 5) is 16.3. The van der Waals surface area contributed by atoms with Crippen LogP contribution in [0.4, 0.5) is 5.69 Å². The van der Waals surface area contributed by atoms with Crippen molar-refractivity contribution < 1.29 is 4.79 Å². The van der Waals surface area contributed by atoms with Crippen LogP contribution in [0.3, 0.4) is 0 Å². The summed E-state index contributed by atoms with van der Waals surface area (Å²) in [7, 11) is 0. The van der Waals surface area contributed by atoms with Crippen LogP contribution in [0.25, 0.3) is 5.69 Å². The summed E-state index contributed by atoms with van der Waals surface area (Å²) in [5.41, 5.74) is 1.73. The van der Waals surface area contributed by atoms with Crippen LogP contribution in [-0.4, -0.2) is 20.7 Å². The van der Waals surface area contributed by atoms with E-state index in [4.69, 9.17) is 11.6 Å². The fourth-order valence-electron chi connectivity index (χ4n) is 1.97. The maximum absolute atomic E-state index is 12.4. The van der Waals surface area contributed by atoms with Crippen molar-refractivity contribution >= 4 is 45.8 Å². The number of carbonyl (C=O) groups is 1. The van der Waals surface area contributed by atoms with Gasteiger partial charge in [-0.25, -0.2) is 9.67 Å². The lowest BCUT2D eigenvalue weighted by atomic mass is 10.2. The number of hydrogen-bond acceptors (Lipinski definition) is 3. The van der Waals surface area contributed by atoms with E-state index in [1.54, 1.807) is 30.3 Å². The number of carbonyl (C=O) groups excluding carboxylic acids is 1. The number of anilines is 1. The summed E-state index contributed by atoms with van der Waals surface area (Å²) in [5.74, 6) is -0.208. The van der Waals surface area contributed by atoms with Gasteiger partial charge in [0.1, 0.15) is 18.3 Å². The van der Waals surface area contributed by atoms with E-state index >= 15 is 0 Å². The summed E-state index contributed by atoms with van der Waals surface area (Å²) in [6.07, 6.45) is 2.94. The molecular formula is C15H10ClIN4O. The molecule has 1 aromatic heterocycles. The molecule has 0 unspecified atom stereocenters. The van der Waals surface area contributed by atoms with Crippen molar-refractivity contribution in [2.75, 3.05) is 5.32 Å². The van der Waals surface area contributed by atoms with Gasteiger partial charge in [0.25, 0.3) is 5.91 Å². The molecule has 1 amide bonds. The first kappa shape index (κ1) is 15.0. The third-order valence-corrected chi connectivity index (χ3v) is 4.01. The van der Waals surface area contributed by atoms with Crippen molar-refractivity contribution in [2.45, 2.75) is 0 Å². The van der Waals surface area contributed by atoms with Crippen molar-refractivity contribution in [3.05, 3.63) is 69.3 Å². The molecule has 0 radical (unpaired) electrons. The monoisotopic (exact) mass is 424 g/mol. The van der Waals surface area contributed by atoms with Gasteiger partial charge in [-0.05, 0) is 59.0 Å². The minimum absolute atomic E-state index is 0.208. The zero-order valence-corrected chi connectivity index (χ0v) is 14.1. The van der Waals surface area contributed by atoms with Crippen LogP contribution in [-0.2, 0) is 0 Å². The number of hydrogen-bond donors (Lipinski definition) is 1. The van der Waals surface area contributed by atoms with Crippen molar-refractivity contribution in [3.63, 3.8) is 0 Å². The molecule has 0 aliphatic heterocycles. The minimum atomic E-state index is -0.208. The second-order valence-electron chi connectivity index (χ2n) is 4.44. The molecule has 0 aliphatic carbocycles. The number of para-hydroxylation sites is 1. The van der Waals surface area contributed by atoms with Gasteiger partial charge in [0, 0.05) is 9.13 Å². The summed E-state index contributed by atoms with van der Waals surface area (Å²) in [6.45, 7) is 0. The fourth-order valence-corrected chi connectivity index (χ4v) is 2.59. The summed E-state index contributed by atoms with van der Waals surface area (Å²) in [5, 5.41) is 7.41. The number of rotatable bonds is 3. The third-order valence-electron chi connectivity index (χ3n) is 2.99. The molecule has 0 aliphatic rings. The van der Waals surface area contributed by atoms with E-state index in [0.29, 0.717) is 22.0 Å². The number of nitrogens with zero attached hydrogens (tertiary/aromatic N) is 3. The van der Waals surface area contributed by atoms with Crippen molar-refractivity contribution in [1.29, 1.82) is 0 Å². The molecule has 0 saturated heterocycles. The van der Waals surface area contributed by atoms with Crippen LogP contribution in [0.1, 0.15) is 10.4 Å². The Morgan fingerprint density at radius 1 is 1.18 bits per heavy atom. The molecule has 0 bridgehead atoms. The van der Waals surface area contributed by atoms with Crippen LogP contribution in [0.5, 0.6) is 0 Å². The normalized spacial score (nSPS) is 10.5. The standard InChI is InChI=1S/C15H10ClIN4O/c16-12-2-1-3-13(14(12)21-9-18-8-19-21)20-15(22)10-4-6-11(17)7-5-10/h1-9H,(H,20,22). The Kier molecular flexibility index (Phi) is 4.39. The molecule has 7 heteroatoms. The lowest BCUT2D eigenvalue weighted by molar-refractivity contribution is 0.102. The molecule has 1 N–H and O–H groups in total. The number of aromatic nitrogens is 3. The summed E-state index contributed by atoms with van der Waals surface area (Å²) >= 11 is 8.42. The van der Waals surface area contributed by atoms with E-state index in [0.717, 1.165) is 3.57 Å². The Morgan fingerprint density at radius 3 is 2.64 bits per heavy atom. The van der Waals surface area contributed by atoms with Crippen LogP contribution in [0.2, 0.25) is 5.02 Å². The van der Waals surface area contributed by atoms with Crippen LogP contribution in [0, 0.1) is 3.57 Å². The minimum Gasteiger partial charge on any atom is -0.320 e. The summed E-state index contributed by atoms with van der Waals surface area (Å²) in [6, 6.07) is 12.6. The van der Waals surface area contributed by atoms with Crippen LogP contribution < -0.4 is 5.32 Å². The highest BCUT2D eigenvalue weighted by molar-refractivity contribution is 14.1. The van der Waals surface area contributed by atoms with Gasteiger partial charge in [-0.3, -0.25) is 4.79 Å². The van der Waals surface area contributed by atoms with Crippen molar-refractivity contribution in [2.24, 2.45) is 0 Å². The lowest BCUT2D eigenvalue weighted by Crippen LogP contribution is -2.14. The highest BCUT2D eigenvalue weighted by atomic mass is 127. The number of nitrogens with one attached hydrogen (secondary N) is 1. The molecule has 3 rings (SSSR count). The molecule has 0 saturated carbocycles. The predicted molar refractivity (Wildman–Crippen MR) is 93.5 cm³/mol. The van der Waals surface area contributed by atoms with Crippen LogP contribution >= 0.6 is 34.2 Å². The Hall–Kier alpha value is -1.93. The molecule has 0 spiro atoms. The maximum atomic E-state index is 12.4. The van der Waals surface area contributed by atoms with E-state index < -0.39 is 0 Å². The smallest absolute Gasteiger partial charge is 0.255 e. The molecule has 22 heavy (non-hydrogen) atoms. The predicted octanol–water partition coefficient (Wildman–Crippen LogP) is 3.78. The molecule has 0 fully saturated rings. The molecule has 3 aromatic rings. The molecular weight excluding hydrogens is 415 g/mol. The first-order valence-corrected chi connectivity index (χ1v) is 7.81. The highest BCUT2D eigenvalue weighted by Crippen LogP contribution is 2.28. The molecule has 5 nitrogen and oxygen atoms in total. The zero-order chi connectivity index (χ0) is 15.5. The average Bonchev–Trinajstić information content (AvgIpc) is 3.02. The average molecular weight is 425 g/mol. The van der Waals surface area contributed by atoms with Gasteiger partial charge in [0.05, 0.1) is 10.7 Å². The van der Waals surface area contributed by atoms with Gasteiger partial charge in [-0.1, -0.05) is 17.7 Å². The fraction of sp³-hybridized carbons (Fsp3) is 0. The SMILES string of the molecule is O=C(Nc1cccc(Cl)c1-n1cncn1)c1ccc(I)cc1. The maximum Gasteiger partial charge on any atom is 0.255 e. The van der Waals surface area contributed by atoms with Gasteiger partial charge < -0.3 is 5.32 Å². The Balaban J connectivity index is 1.94. The van der Waals surface area contributed by atoms with Crippen LogP contribution in [0.15, 0.2) is 55.1 Å². The quantitative estimate of drug-likeness (QED) is 0.651. The lowest BCUT2D eigenvalue weighted by Gasteiger charge is -2.12. The van der Waals surface area contributed by atoms with E-state index in [1.165, 1.54) is 17.3 Å². The van der Waals surface area contributed by atoms with Gasteiger partial charge in [0.2, 0.25) is 0 Å².